The third-order valence-corrected chi connectivity index (χ3v) is 6.19. The first kappa shape index (κ1) is 23.7. The summed E-state index contributed by atoms with van der Waals surface area (Å²) in [6, 6.07) is 12.6. The van der Waals surface area contributed by atoms with Gasteiger partial charge in [0.1, 0.15) is 23.1 Å². The van der Waals surface area contributed by atoms with Crippen LogP contribution in [0.1, 0.15) is 27.9 Å². The summed E-state index contributed by atoms with van der Waals surface area (Å²) in [5, 5.41) is 6.79. The number of aromatic amines is 1. The summed E-state index contributed by atoms with van der Waals surface area (Å²) < 4.78 is 8.06. The number of nitrogens with one attached hydrogen (secondary N) is 3. The van der Waals surface area contributed by atoms with Gasteiger partial charge in [0.15, 0.2) is 0 Å². The Morgan fingerprint density at radius 3 is 2.79 bits per heavy atom. The van der Waals surface area contributed by atoms with Gasteiger partial charge < -0.3 is 21.1 Å². The molecule has 1 aliphatic heterocycles. The first-order valence-corrected chi connectivity index (χ1v) is 11.7. The molecule has 0 saturated heterocycles. The smallest absolute Gasteiger partial charge is 0.271 e. The molecule has 0 aliphatic carbocycles. The molecule has 0 bridgehead atoms. The Bertz CT molecular complexity index is 1280. The van der Waals surface area contributed by atoms with Crippen LogP contribution >= 0.6 is 23.1 Å². The van der Waals surface area contributed by atoms with Crippen LogP contribution in [0.15, 0.2) is 57.2 Å². The molecule has 0 fully saturated rings. The van der Waals surface area contributed by atoms with Crippen molar-refractivity contribution in [2.24, 2.45) is 15.7 Å². The van der Waals surface area contributed by atoms with Crippen LogP contribution in [-0.4, -0.2) is 41.7 Å². The van der Waals surface area contributed by atoms with Crippen LogP contribution in [0.4, 0.5) is 16.4 Å². The Labute approximate surface area is 204 Å². The van der Waals surface area contributed by atoms with E-state index in [1.54, 1.807) is 37.4 Å². The maximum Gasteiger partial charge on any atom is 0.271 e. The third kappa shape index (κ3) is 5.53. The lowest BCUT2D eigenvalue weighted by Gasteiger charge is -2.13. The van der Waals surface area contributed by atoms with Gasteiger partial charge in [-0.25, -0.2) is 0 Å². The van der Waals surface area contributed by atoms with Gasteiger partial charge in [0.2, 0.25) is 0 Å². The highest BCUT2D eigenvalue weighted by Crippen LogP contribution is 2.29. The van der Waals surface area contributed by atoms with E-state index in [2.05, 4.69) is 25.0 Å². The van der Waals surface area contributed by atoms with Crippen LogP contribution in [0, 0.1) is 6.92 Å². The van der Waals surface area contributed by atoms with Crippen LogP contribution in [0.2, 0.25) is 5.02 Å². The molecule has 2 aromatic carbocycles. The minimum atomic E-state index is -0.339. The standard InChI is InChI=1S/C23H23ClN6O3S/c1-13-9-15(10-17(24)18(13)21(31)28-14-5-3-2-4-6-14)29-23-19(22(32)30-34-23)20(25)27-8-7-16-11-26-12-33-16/h2-6,9-11,16,29H,7-8,12H2,1H3,(H2,25,27)(H,28,31)(H,30,32). The second-order valence-corrected chi connectivity index (χ2v) is 8.78. The predicted molar refractivity (Wildman–Crippen MR) is 137 cm³/mol. The summed E-state index contributed by atoms with van der Waals surface area (Å²) >= 11 is 7.57. The van der Waals surface area contributed by atoms with Crippen molar-refractivity contribution in [2.75, 3.05) is 23.9 Å². The van der Waals surface area contributed by atoms with E-state index in [-0.39, 0.29) is 34.0 Å². The first-order valence-electron chi connectivity index (χ1n) is 10.5. The zero-order valence-electron chi connectivity index (χ0n) is 18.3. The van der Waals surface area contributed by atoms with E-state index < -0.39 is 0 Å². The van der Waals surface area contributed by atoms with Gasteiger partial charge in [-0.2, -0.15) is 0 Å². The summed E-state index contributed by atoms with van der Waals surface area (Å²) in [6.45, 7) is 2.55. The van der Waals surface area contributed by atoms with Gasteiger partial charge in [-0.15, -0.1) is 0 Å². The quantitative estimate of drug-likeness (QED) is 0.276. The molecule has 1 aromatic heterocycles. The average molecular weight is 499 g/mol. The maximum absolute atomic E-state index is 12.8. The van der Waals surface area contributed by atoms with Crippen LogP contribution in [0.3, 0.4) is 0 Å². The number of nitrogens with zero attached hydrogens (tertiary/aromatic N) is 2. The number of hydrogen-bond donors (Lipinski definition) is 4. The molecule has 11 heteroatoms. The Morgan fingerprint density at radius 1 is 1.29 bits per heavy atom. The van der Waals surface area contributed by atoms with Gasteiger partial charge in [0.05, 0.1) is 16.7 Å². The molecule has 4 rings (SSSR count). The normalized spacial score (nSPS) is 15.5. The number of H-pyrrole nitrogens is 1. The number of aliphatic imine (C=N–C) groups is 2. The molecule has 2 heterocycles. The predicted octanol–water partition coefficient (Wildman–Crippen LogP) is 3.92. The molecule has 176 valence electrons. The fourth-order valence-corrected chi connectivity index (χ4v) is 4.58. The van der Waals surface area contributed by atoms with Crippen molar-refractivity contribution in [1.29, 1.82) is 0 Å². The number of nitrogens with two attached hydrogens (primary N) is 1. The maximum atomic E-state index is 12.8. The Kier molecular flexibility index (Phi) is 7.41. The van der Waals surface area contributed by atoms with Crippen LogP contribution < -0.4 is 21.9 Å². The monoisotopic (exact) mass is 498 g/mol. The highest BCUT2D eigenvalue weighted by Gasteiger charge is 2.19. The molecular formula is C23H23ClN6O3S. The molecule has 0 spiro atoms. The number of halogens is 1. The molecule has 5 N–H and O–H groups in total. The topological polar surface area (TPSA) is 134 Å². The van der Waals surface area contributed by atoms with Crippen molar-refractivity contribution in [1.82, 2.24) is 4.37 Å². The van der Waals surface area contributed by atoms with E-state index in [4.69, 9.17) is 22.1 Å². The molecule has 1 atom stereocenters. The Morgan fingerprint density at radius 2 is 2.09 bits per heavy atom. The molecule has 1 unspecified atom stereocenters. The molecule has 1 aliphatic rings. The van der Waals surface area contributed by atoms with Gasteiger partial charge >= 0.3 is 0 Å². The largest absolute Gasteiger partial charge is 0.383 e. The van der Waals surface area contributed by atoms with Crippen molar-refractivity contribution in [2.45, 2.75) is 19.4 Å². The second-order valence-electron chi connectivity index (χ2n) is 7.55. The number of hydrogen-bond acceptors (Lipinski definition) is 7. The number of benzene rings is 2. The number of rotatable bonds is 8. The SMILES string of the molecule is Cc1cc(Nc2s[nH]c(=O)c2C(N)=NCCC2C=NCO2)cc(Cl)c1C(=O)Nc1ccccc1. The third-order valence-electron chi connectivity index (χ3n) is 5.09. The first-order chi connectivity index (χ1) is 16.4. The molecule has 0 radical (unpaired) electrons. The number of ether oxygens (including phenoxy) is 1. The summed E-state index contributed by atoms with van der Waals surface area (Å²) in [5.74, 6) is -0.179. The van der Waals surface area contributed by atoms with Crippen molar-refractivity contribution >= 4 is 57.5 Å². The zero-order chi connectivity index (χ0) is 24.1. The van der Waals surface area contributed by atoms with Crippen LogP contribution in [0.5, 0.6) is 0 Å². The highest BCUT2D eigenvalue weighted by molar-refractivity contribution is 7.10. The number of aryl methyl sites for hydroxylation is 1. The number of anilines is 3. The summed E-state index contributed by atoms with van der Waals surface area (Å²) in [6.07, 6.45) is 2.28. The van der Waals surface area contributed by atoms with Gasteiger partial charge in [-0.1, -0.05) is 29.8 Å². The lowest BCUT2D eigenvalue weighted by atomic mass is 10.1. The Hall–Kier alpha value is -3.47. The van der Waals surface area contributed by atoms with Crippen molar-refractivity contribution in [3.63, 3.8) is 0 Å². The van der Waals surface area contributed by atoms with E-state index in [0.717, 1.165) is 11.5 Å². The van der Waals surface area contributed by atoms with Gasteiger partial charge in [-0.05, 0) is 54.7 Å². The number of para-hydroxylation sites is 1. The second kappa shape index (κ2) is 10.6. The lowest BCUT2D eigenvalue weighted by Crippen LogP contribution is -2.23. The molecular weight excluding hydrogens is 476 g/mol. The fraction of sp³-hybridized carbons (Fsp3) is 0.217. The number of amides is 1. The number of carbonyl (C=O) groups excluding carboxylic acids is 1. The highest BCUT2D eigenvalue weighted by atomic mass is 35.5. The van der Waals surface area contributed by atoms with E-state index in [9.17, 15) is 9.59 Å². The molecule has 9 nitrogen and oxygen atoms in total. The van der Waals surface area contributed by atoms with Crippen molar-refractivity contribution in [3.05, 3.63) is 74.5 Å². The van der Waals surface area contributed by atoms with Crippen molar-refractivity contribution < 1.29 is 9.53 Å². The molecule has 1 amide bonds. The van der Waals surface area contributed by atoms with Crippen LogP contribution in [-0.2, 0) is 4.74 Å². The van der Waals surface area contributed by atoms with Gasteiger partial charge in [0.25, 0.3) is 11.5 Å². The minimum absolute atomic E-state index is 0.0855. The molecule has 34 heavy (non-hydrogen) atoms. The molecule has 3 aromatic rings. The summed E-state index contributed by atoms with van der Waals surface area (Å²) in [5.41, 5.74) is 8.37. The zero-order valence-corrected chi connectivity index (χ0v) is 19.9. The van der Waals surface area contributed by atoms with Crippen LogP contribution in [0.25, 0.3) is 0 Å². The number of aromatic nitrogens is 1. The number of carbonyl (C=O) groups is 1. The van der Waals surface area contributed by atoms with Crippen molar-refractivity contribution in [3.8, 4) is 0 Å². The van der Waals surface area contributed by atoms with E-state index in [1.165, 1.54) is 0 Å². The molecule has 0 saturated carbocycles. The Balaban J connectivity index is 1.50. The fourth-order valence-electron chi connectivity index (χ4n) is 3.46. The minimum Gasteiger partial charge on any atom is -0.383 e. The average Bonchev–Trinajstić information content (AvgIpc) is 3.43. The van der Waals surface area contributed by atoms with E-state index in [1.807, 2.05) is 18.2 Å². The number of amidine groups is 1. The lowest BCUT2D eigenvalue weighted by molar-refractivity contribution is 0.102. The summed E-state index contributed by atoms with van der Waals surface area (Å²) in [7, 11) is 0. The van der Waals surface area contributed by atoms with E-state index in [0.29, 0.717) is 47.2 Å². The van der Waals surface area contributed by atoms with E-state index >= 15 is 0 Å². The summed E-state index contributed by atoms with van der Waals surface area (Å²) in [4.78, 5) is 33.5. The van der Waals surface area contributed by atoms with Gasteiger partial charge in [-0.3, -0.25) is 23.9 Å². The van der Waals surface area contributed by atoms with Gasteiger partial charge in [0, 0.05) is 24.1 Å².